The monoisotopic (exact) mass is 612 g/mol. The van der Waals surface area contributed by atoms with Crippen molar-refractivity contribution in [2.45, 2.75) is 131 Å². The molecule has 2 heterocycles. The average molecular weight is 613 g/mol. The molecule has 0 spiro atoms. The van der Waals surface area contributed by atoms with Crippen molar-refractivity contribution >= 4 is 11.8 Å². The van der Waals surface area contributed by atoms with Crippen molar-refractivity contribution in [1.29, 1.82) is 0 Å². The summed E-state index contributed by atoms with van der Waals surface area (Å²) in [6, 6.07) is 0.0851. The Morgan fingerprint density at radius 3 is 1.50 bits per heavy atom. The van der Waals surface area contributed by atoms with Gasteiger partial charge >= 0.3 is 0 Å². The number of rotatable bonds is 12. The summed E-state index contributed by atoms with van der Waals surface area (Å²) in [4.78, 5) is 23.7. The second-order valence-corrected chi connectivity index (χ2v) is 12.9. The van der Waals surface area contributed by atoms with Gasteiger partial charge in [-0.15, -0.1) is 0 Å². The van der Waals surface area contributed by atoms with Crippen molar-refractivity contribution in [2.24, 2.45) is 17.8 Å². The molecule has 3 N–H and O–H groups in total. The highest BCUT2D eigenvalue weighted by Gasteiger charge is 2.34. The predicted octanol–water partition coefficient (Wildman–Crippen LogP) is 6.76. The minimum Gasteiger partial charge on any atom is -0.389 e. The van der Waals surface area contributed by atoms with Crippen LogP contribution in [-0.2, 0) is 19.1 Å². The Balaban J connectivity index is 0.000000440. The van der Waals surface area contributed by atoms with Crippen LogP contribution in [0.2, 0.25) is 0 Å². The van der Waals surface area contributed by atoms with E-state index in [4.69, 9.17) is 14.6 Å². The molecule has 0 unspecified atom stereocenters. The fourth-order valence-corrected chi connectivity index (χ4v) is 5.16. The average Bonchev–Trinajstić information content (AvgIpc) is 2.96. The molecule has 0 aromatic heterocycles. The Morgan fingerprint density at radius 1 is 0.773 bits per heavy atom. The van der Waals surface area contributed by atoms with Crippen LogP contribution < -0.4 is 10.6 Å². The predicted molar refractivity (Wildman–Crippen MR) is 182 cm³/mol. The normalized spacial score (nSPS) is 30.4. The number of allylic oxidation sites excluding steroid dienone is 5. The fourth-order valence-electron chi connectivity index (χ4n) is 5.16. The first kappa shape index (κ1) is 39.3. The van der Waals surface area contributed by atoms with Gasteiger partial charge in [-0.2, -0.15) is 0 Å². The number of hydrogen-bond acceptors (Lipinski definition) is 5. The number of carbonyl (C=O) groups excluding carboxylic acids is 2. The lowest BCUT2D eigenvalue weighted by Crippen LogP contribution is -2.50. The lowest BCUT2D eigenvalue weighted by Gasteiger charge is -2.39. The zero-order valence-electron chi connectivity index (χ0n) is 28.7. The topological polar surface area (TPSA) is 96.9 Å². The van der Waals surface area contributed by atoms with Crippen LogP contribution in [0.25, 0.3) is 0 Å². The van der Waals surface area contributed by atoms with Crippen molar-refractivity contribution in [2.75, 3.05) is 0 Å². The van der Waals surface area contributed by atoms with E-state index in [-0.39, 0.29) is 48.3 Å². The largest absolute Gasteiger partial charge is 0.389 e. The third-order valence-electron chi connectivity index (χ3n) is 8.24. The van der Waals surface area contributed by atoms with E-state index < -0.39 is 6.10 Å². The minimum atomic E-state index is -0.617. The van der Waals surface area contributed by atoms with Gasteiger partial charge in [0.15, 0.2) is 0 Å². The summed E-state index contributed by atoms with van der Waals surface area (Å²) in [5.41, 5.74) is 2.33. The Labute approximate surface area is 267 Å². The first-order chi connectivity index (χ1) is 20.7. The molecule has 2 fully saturated rings. The molecule has 0 bridgehead atoms. The van der Waals surface area contributed by atoms with Crippen molar-refractivity contribution in [3.63, 3.8) is 0 Å². The van der Waals surface area contributed by atoms with E-state index in [1.54, 1.807) is 13.0 Å². The highest BCUT2D eigenvalue weighted by Crippen LogP contribution is 2.29. The summed E-state index contributed by atoms with van der Waals surface area (Å²) in [7, 11) is 0. The SMILES string of the molecule is C=C/C(C)=C/C[C@@H]1O[C@H](C)[C@H](NC(=O)/C=C\C(C)C)C[C@@H]1C.C=C/C(C)=C/C[C@@H]1O[C@H](C)[C@H](NC(=O)/C=C\[C@H](C)O)C[C@@H]1C. The van der Waals surface area contributed by atoms with Crippen molar-refractivity contribution in [3.05, 3.63) is 72.9 Å². The molecule has 0 aromatic carbocycles. The van der Waals surface area contributed by atoms with E-state index in [0.717, 1.165) is 31.3 Å². The number of nitrogens with one attached hydrogen (secondary N) is 2. The highest BCUT2D eigenvalue weighted by atomic mass is 16.5. The van der Waals surface area contributed by atoms with Gasteiger partial charge in [-0.1, -0.05) is 88.5 Å². The number of carbonyl (C=O) groups is 2. The van der Waals surface area contributed by atoms with E-state index in [2.05, 4.69) is 63.6 Å². The van der Waals surface area contributed by atoms with E-state index in [9.17, 15) is 9.59 Å². The first-order valence-corrected chi connectivity index (χ1v) is 16.2. The number of aliphatic hydroxyl groups is 1. The van der Waals surface area contributed by atoms with Crippen LogP contribution in [0, 0.1) is 17.8 Å². The summed E-state index contributed by atoms with van der Waals surface area (Å²) in [6.07, 6.45) is 17.8. The number of hydrogen-bond donors (Lipinski definition) is 3. The lowest BCUT2D eigenvalue weighted by atomic mass is 9.88. The fraction of sp³-hybridized carbons (Fsp3) is 0.622. The molecule has 9 atom stereocenters. The zero-order valence-corrected chi connectivity index (χ0v) is 28.7. The third kappa shape index (κ3) is 15.3. The first-order valence-electron chi connectivity index (χ1n) is 16.2. The molecule has 0 saturated carbocycles. The van der Waals surface area contributed by atoms with E-state index in [1.165, 1.54) is 17.7 Å². The van der Waals surface area contributed by atoms with Gasteiger partial charge in [-0.05, 0) is 84.1 Å². The van der Waals surface area contributed by atoms with Gasteiger partial charge in [0.2, 0.25) is 11.8 Å². The molecule has 2 saturated heterocycles. The standard InChI is InChI=1S/C19H31NO2.C18H29NO3/c1-7-14(4)9-10-18-15(5)12-17(16(6)22-18)20-19(21)11-8-13(2)3;1-6-12(2)7-9-17-13(3)11-16(15(5)22-17)19-18(21)10-8-14(4)20/h7-9,11,13,15-18H,1,10,12H2,2-6H3,(H,20,21);6-8,10,13-17,20H,1,9,11H2,2-5H3,(H,19,21)/b11-8-,14-9+;10-8-,12-7+/t15-,16+,17+,18-;13-,14-,15+,16+,17-/m00/s1. The van der Waals surface area contributed by atoms with Crippen LogP contribution in [0.1, 0.15) is 88.0 Å². The molecular formula is C37H60N2O5. The Bertz CT molecular complexity index is 958. The third-order valence-corrected chi connectivity index (χ3v) is 8.24. The summed E-state index contributed by atoms with van der Waals surface area (Å²) in [5.74, 6) is 0.964. The second-order valence-electron chi connectivity index (χ2n) is 12.9. The molecule has 2 aliphatic heterocycles. The van der Waals surface area contributed by atoms with Gasteiger partial charge in [-0.25, -0.2) is 0 Å². The van der Waals surface area contributed by atoms with Crippen LogP contribution in [0.15, 0.2) is 72.9 Å². The lowest BCUT2D eigenvalue weighted by molar-refractivity contribution is -0.124. The van der Waals surface area contributed by atoms with E-state index >= 15 is 0 Å². The molecule has 7 heteroatoms. The van der Waals surface area contributed by atoms with Gasteiger partial charge in [-0.3, -0.25) is 9.59 Å². The quantitative estimate of drug-likeness (QED) is 0.167. The smallest absolute Gasteiger partial charge is 0.244 e. The molecule has 2 aliphatic rings. The molecule has 0 radical (unpaired) electrons. The number of amides is 2. The Morgan fingerprint density at radius 2 is 1.16 bits per heavy atom. The number of aliphatic hydroxyl groups excluding tert-OH is 1. The summed E-state index contributed by atoms with van der Waals surface area (Å²) >= 11 is 0. The molecule has 0 aliphatic carbocycles. The van der Waals surface area contributed by atoms with E-state index in [0.29, 0.717) is 17.8 Å². The second kappa shape index (κ2) is 20.3. The van der Waals surface area contributed by atoms with Crippen molar-refractivity contribution in [3.8, 4) is 0 Å². The van der Waals surface area contributed by atoms with E-state index in [1.807, 2.05) is 45.9 Å². The van der Waals surface area contributed by atoms with Crippen LogP contribution in [0.5, 0.6) is 0 Å². The zero-order chi connectivity index (χ0) is 33.4. The van der Waals surface area contributed by atoms with Crippen LogP contribution in [-0.4, -0.2) is 59.5 Å². The maximum absolute atomic E-state index is 11.9. The summed E-state index contributed by atoms with van der Waals surface area (Å²) in [5, 5.41) is 15.2. The molecule has 0 aromatic rings. The molecule has 44 heavy (non-hydrogen) atoms. The van der Waals surface area contributed by atoms with Crippen LogP contribution in [0.3, 0.4) is 0 Å². The van der Waals surface area contributed by atoms with Crippen LogP contribution in [0.4, 0.5) is 0 Å². The van der Waals surface area contributed by atoms with Crippen molar-refractivity contribution in [1.82, 2.24) is 10.6 Å². The molecule has 2 amide bonds. The molecular weight excluding hydrogens is 552 g/mol. The Hall–Kier alpha value is -2.74. The Kier molecular flexibility index (Phi) is 18.1. The molecule has 7 nitrogen and oxygen atoms in total. The minimum absolute atomic E-state index is 0.00174. The summed E-state index contributed by atoms with van der Waals surface area (Å²) in [6.45, 7) is 25.7. The van der Waals surface area contributed by atoms with Crippen LogP contribution >= 0.6 is 0 Å². The van der Waals surface area contributed by atoms with Gasteiger partial charge in [0.05, 0.1) is 42.6 Å². The van der Waals surface area contributed by atoms with Crippen molar-refractivity contribution < 1.29 is 24.2 Å². The number of ether oxygens (including phenoxy) is 2. The van der Waals surface area contributed by atoms with Gasteiger partial charge < -0.3 is 25.2 Å². The van der Waals surface area contributed by atoms with Gasteiger partial charge in [0, 0.05) is 6.08 Å². The van der Waals surface area contributed by atoms with Gasteiger partial charge in [0.25, 0.3) is 0 Å². The van der Waals surface area contributed by atoms with Gasteiger partial charge in [0.1, 0.15) is 0 Å². The molecule has 2 rings (SSSR count). The maximum Gasteiger partial charge on any atom is 0.244 e. The summed E-state index contributed by atoms with van der Waals surface area (Å²) < 4.78 is 12.2. The molecule has 248 valence electrons. The highest BCUT2D eigenvalue weighted by molar-refractivity contribution is 5.88. The maximum atomic E-state index is 11.9.